The third kappa shape index (κ3) is 3.58. The van der Waals surface area contributed by atoms with Crippen molar-refractivity contribution in [3.63, 3.8) is 0 Å². The van der Waals surface area contributed by atoms with Crippen LogP contribution in [-0.2, 0) is 0 Å². The van der Waals surface area contributed by atoms with Crippen molar-refractivity contribution in [2.75, 3.05) is 0 Å². The third-order valence-corrected chi connectivity index (χ3v) is 4.90. The number of piperidine rings is 1. The van der Waals surface area contributed by atoms with Gasteiger partial charge in [0, 0.05) is 34.8 Å². The second-order valence-corrected chi connectivity index (χ2v) is 6.80. The van der Waals surface area contributed by atoms with E-state index in [1.165, 1.54) is 12.8 Å². The minimum absolute atomic E-state index is 0. The van der Waals surface area contributed by atoms with Crippen LogP contribution in [0.2, 0.25) is 5.02 Å². The Bertz CT molecular complexity index is 722. The zero-order chi connectivity index (χ0) is 15.8. The lowest BCUT2D eigenvalue weighted by Gasteiger charge is -2.29. The first-order chi connectivity index (χ1) is 11.2. The fourth-order valence-electron chi connectivity index (χ4n) is 3.60. The van der Waals surface area contributed by atoms with Crippen LogP contribution in [0.4, 0.5) is 0 Å². The first kappa shape index (κ1) is 17.3. The van der Waals surface area contributed by atoms with Crippen LogP contribution in [0, 0.1) is 0 Å². The van der Waals surface area contributed by atoms with Crippen molar-refractivity contribution in [2.45, 2.75) is 43.8 Å². The molecule has 5 nitrogen and oxygen atoms in total. The van der Waals surface area contributed by atoms with E-state index in [-0.39, 0.29) is 30.1 Å². The molecule has 0 saturated carbocycles. The van der Waals surface area contributed by atoms with Crippen LogP contribution in [0.5, 0.6) is 0 Å². The van der Waals surface area contributed by atoms with Crippen LogP contribution >= 0.6 is 24.0 Å². The van der Waals surface area contributed by atoms with Crippen LogP contribution in [0.1, 0.15) is 36.2 Å². The zero-order valence-corrected chi connectivity index (χ0v) is 14.6. The topological polar surface area (TPSA) is 67.2 Å². The molecule has 0 aliphatic carbocycles. The van der Waals surface area contributed by atoms with Crippen molar-refractivity contribution in [1.29, 1.82) is 0 Å². The number of rotatable bonds is 3. The summed E-state index contributed by atoms with van der Waals surface area (Å²) in [5, 5.41) is 11.2. The molecule has 2 N–H and O–H groups in total. The number of nitrogens with one attached hydrogen (secondary N) is 2. The fraction of sp³-hybridized carbons (Fsp3) is 0.412. The molecule has 2 atom stereocenters. The van der Waals surface area contributed by atoms with Gasteiger partial charge in [0.15, 0.2) is 0 Å². The molecule has 2 aromatic rings. The van der Waals surface area contributed by atoms with E-state index in [0.717, 1.165) is 18.4 Å². The predicted molar refractivity (Wildman–Crippen MR) is 94.6 cm³/mol. The van der Waals surface area contributed by atoms with Crippen molar-refractivity contribution in [1.82, 2.24) is 15.8 Å². The van der Waals surface area contributed by atoms with E-state index in [0.29, 0.717) is 22.8 Å². The summed E-state index contributed by atoms with van der Waals surface area (Å²) in [6.07, 6.45) is 4.38. The molecule has 0 spiro atoms. The molecule has 128 valence electrons. The molecule has 24 heavy (non-hydrogen) atoms. The molecule has 3 heterocycles. The lowest BCUT2D eigenvalue weighted by molar-refractivity contribution is 0.0886. The van der Waals surface area contributed by atoms with Gasteiger partial charge < -0.3 is 15.2 Å². The van der Waals surface area contributed by atoms with Gasteiger partial charge in [-0.2, -0.15) is 0 Å². The summed E-state index contributed by atoms with van der Waals surface area (Å²) in [5.41, 5.74) is 1.45. The molecular formula is C17H19Cl2N3O2. The van der Waals surface area contributed by atoms with Gasteiger partial charge in [0.2, 0.25) is 5.76 Å². The highest BCUT2D eigenvalue weighted by molar-refractivity contribution is 6.30. The molecule has 2 bridgehead atoms. The Morgan fingerprint density at radius 1 is 1.25 bits per heavy atom. The molecule has 1 amide bonds. The van der Waals surface area contributed by atoms with Crippen LogP contribution in [0.3, 0.4) is 0 Å². The quantitative estimate of drug-likeness (QED) is 0.871. The summed E-state index contributed by atoms with van der Waals surface area (Å²) in [6, 6.07) is 10.3. The summed E-state index contributed by atoms with van der Waals surface area (Å²) in [7, 11) is 0. The van der Waals surface area contributed by atoms with E-state index in [1.807, 2.05) is 12.1 Å². The number of fused-ring (bicyclic) bond motifs is 2. The maximum atomic E-state index is 12.4. The van der Waals surface area contributed by atoms with Crippen LogP contribution < -0.4 is 10.6 Å². The highest BCUT2D eigenvalue weighted by atomic mass is 35.5. The molecule has 2 saturated heterocycles. The third-order valence-electron chi connectivity index (χ3n) is 4.66. The first-order valence-corrected chi connectivity index (χ1v) is 8.35. The average Bonchev–Trinajstić information content (AvgIpc) is 3.14. The van der Waals surface area contributed by atoms with Crippen molar-refractivity contribution in [3.05, 3.63) is 41.1 Å². The van der Waals surface area contributed by atoms with Gasteiger partial charge in [0.05, 0.1) is 0 Å². The number of carbonyl (C=O) groups excluding carboxylic acids is 1. The minimum atomic E-state index is -0.197. The first-order valence-electron chi connectivity index (χ1n) is 7.97. The normalized spacial score (nSPS) is 25.1. The molecule has 1 aromatic carbocycles. The monoisotopic (exact) mass is 367 g/mol. The lowest BCUT2D eigenvalue weighted by Crippen LogP contribution is -2.47. The molecule has 2 unspecified atom stereocenters. The standard InChI is InChI=1S/C17H18ClN3O2.ClH/c18-11-3-1-2-10(6-11)15-9-16(23-21-15)17(22)20-14-7-12-4-5-13(8-14)19-12;/h1-3,6,9,12-14,19H,4-5,7-8H2,(H,20,22);1H. The molecule has 7 heteroatoms. The van der Waals surface area contributed by atoms with Crippen molar-refractivity contribution >= 4 is 29.9 Å². The summed E-state index contributed by atoms with van der Waals surface area (Å²) in [4.78, 5) is 12.4. The van der Waals surface area contributed by atoms with Gasteiger partial charge in [-0.05, 0) is 37.8 Å². The van der Waals surface area contributed by atoms with Gasteiger partial charge in [-0.15, -0.1) is 12.4 Å². The van der Waals surface area contributed by atoms with Gasteiger partial charge in [0.1, 0.15) is 5.69 Å². The van der Waals surface area contributed by atoms with Crippen LogP contribution in [0.25, 0.3) is 11.3 Å². The second kappa shape index (κ2) is 7.13. The van der Waals surface area contributed by atoms with Crippen LogP contribution in [-0.4, -0.2) is 29.2 Å². The van der Waals surface area contributed by atoms with Gasteiger partial charge in [-0.3, -0.25) is 4.79 Å². The average molecular weight is 368 g/mol. The maximum absolute atomic E-state index is 12.4. The number of carbonyl (C=O) groups is 1. The number of halogens is 2. The number of amides is 1. The molecule has 2 aliphatic rings. The van der Waals surface area contributed by atoms with Crippen molar-refractivity contribution < 1.29 is 9.32 Å². The van der Waals surface area contributed by atoms with E-state index >= 15 is 0 Å². The van der Waals surface area contributed by atoms with Gasteiger partial charge in [-0.25, -0.2) is 0 Å². The fourth-order valence-corrected chi connectivity index (χ4v) is 3.79. The number of hydrogen-bond donors (Lipinski definition) is 2. The van der Waals surface area contributed by atoms with Crippen molar-refractivity contribution in [2.24, 2.45) is 0 Å². The summed E-state index contributed by atoms with van der Waals surface area (Å²) < 4.78 is 5.21. The Hall–Kier alpha value is -1.56. The zero-order valence-electron chi connectivity index (χ0n) is 13.0. The Kier molecular flexibility index (Phi) is 5.13. The molecule has 4 rings (SSSR count). The molecule has 2 aliphatic heterocycles. The summed E-state index contributed by atoms with van der Waals surface area (Å²) >= 11 is 5.98. The summed E-state index contributed by atoms with van der Waals surface area (Å²) in [6.45, 7) is 0. The van der Waals surface area contributed by atoms with E-state index in [2.05, 4.69) is 15.8 Å². The summed E-state index contributed by atoms with van der Waals surface area (Å²) in [5.74, 6) is 0.0444. The molecular weight excluding hydrogens is 349 g/mol. The van der Waals surface area contributed by atoms with E-state index in [4.69, 9.17) is 16.1 Å². The molecule has 1 aromatic heterocycles. The van der Waals surface area contributed by atoms with Gasteiger partial charge >= 0.3 is 0 Å². The predicted octanol–water partition coefficient (Wildman–Crippen LogP) is 3.43. The number of nitrogens with zero attached hydrogens (tertiary/aromatic N) is 1. The highest BCUT2D eigenvalue weighted by Gasteiger charge is 2.34. The number of hydrogen-bond acceptors (Lipinski definition) is 4. The Labute approximate surface area is 151 Å². The highest BCUT2D eigenvalue weighted by Crippen LogP contribution is 2.27. The van der Waals surface area contributed by atoms with Crippen molar-refractivity contribution in [3.8, 4) is 11.3 Å². The smallest absolute Gasteiger partial charge is 0.290 e. The largest absolute Gasteiger partial charge is 0.350 e. The van der Waals surface area contributed by atoms with Gasteiger partial charge in [-0.1, -0.05) is 28.9 Å². The van der Waals surface area contributed by atoms with Gasteiger partial charge in [0.25, 0.3) is 5.91 Å². The number of benzene rings is 1. The second-order valence-electron chi connectivity index (χ2n) is 6.37. The van der Waals surface area contributed by atoms with E-state index in [9.17, 15) is 4.79 Å². The molecule has 0 radical (unpaired) electrons. The Morgan fingerprint density at radius 3 is 2.71 bits per heavy atom. The maximum Gasteiger partial charge on any atom is 0.290 e. The SMILES string of the molecule is Cl.O=C(NC1CC2CCC(C1)N2)c1cc(-c2cccc(Cl)c2)no1. The van der Waals surface area contributed by atoms with Crippen LogP contribution in [0.15, 0.2) is 34.9 Å². The lowest BCUT2D eigenvalue weighted by atomic mass is 10.00. The van der Waals surface area contributed by atoms with E-state index in [1.54, 1.807) is 18.2 Å². The Balaban J connectivity index is 0.00000169. The number of aromatic nitrogens is 1. The molecule has 2 fully saturated rings. The van der Waals surface area contributed by atoms with E-state index < -0.39 is 0 Å². The Morgan fingerprint density at radius 2 is 2.00 bits per heavy atom. The minimum Gasteiger partial charge on any atom is -0.350 e.